The van der Waals surface area contributed by atoms with E-state index in [0.717, 1.165) is 11.1 Å². The van der Waals surface area contributed by atoms with Gasteiger partial charge in [0.25, 0.3) is 5.91 Å². The predicted octanol–water partition coefficient (Wildman–Crippen LogP) is 3.02. The first-order valence-electron chi connectivity index (χ1n) is 8.46. The van der Waals surface area contributed by atoms with Gasteiger partial charge in [-0.1, -0.05) is 34.5 Å². The van der Waals surface area contributed by atoms with Gasteiger partial charge in [-0.05, 0) is 49.7 Å². The van der Waals surface area contributed by atoms with Crippen LogP contribution in [0.4, 0.5) is 17.2 Å². The summed E-state index contributed by atoms with van der Waals surface area (Å²) in [6.45, 7) is 3.68. The van der Waals surface area contributed by atoms with Gasteiger partial charge in [-0.2, -0.15) is 0 Å². The molecule has 0 saturated heterocycles. The van der Waals surface area contributed by atoms with E-state index in [9.17, 15) is 9.59 Å². The molecule has 0 aliphatic rings. The van der Waals surface area contributed by atoms with Crippen molar-refractivity contribution in [3.63, 3.8) is 0 Å². The fourth-order valence-corrected chi connectivity index (χ4v) is 2.73. The molecule has 3 aromatic rings. The van der Waals surface area contributed by atoms with E-state index in [0.29, 0.717) is 16.4 Å². The van der Waals surface area contributed by atoms with Crippen molar-refractivity contribution in [3.8, 4) is 0 Å². The molecule has 0 bridgehead atoms. The molecule has 0 radical (unpaired) electrons. The quantitative estimate of drug-likeness (QED) is 0.611. The summed E-state index contributed by atoms with van der Waals surface area (Å²) in [4.78, 5) is 24.7. The number of aryl methyl sites for hydroxylation is 2. The molecule has 4 N–H and O–H groups in total. The minimum absolute atomic E-state index is 0.00789. The maximum Gasteiger partial charge on any atom is 0.280 e. The zero-order valence-electron chi connectivity index (χ0n) is 15.4. The number of aromatic nitrogens is 3. The molecule has 0 aliphatic heterocycles. The molecule has 144 valence electrons. The Morgan fingerprint density at radius 3 is 2.50 bits per heavy atom. The lowest BCUT2D eigenvalue weighted by Crippen LogP contribution is -2.21. The molecular weight excluding hydrogens is 380 g/mol. The van der Waals surface area contributed by atoms with Crippen LogP contribution in [-0.4, -0.2) is 26.8 Å². The number of halogens is 1. The summed E-state index contributed by atoms with van der Waals surface area (Å²) in [6.07, 6.45) is 0. The van der Waals surface area contributed by atoms with Crippen LogP contribution in [0.5, 0.6) is 0 Å². The molecule has 3 rings (SSSR count). The summed E-state index contributed by atoms with van der Waals surface area (Å²) >= 11 is 5.82. The third-order valence-electron chi connectivity index (χ3n) is 4.04. The zero-order chi connectivity index (χ0) is 20.3. The molecule has 9 heteroatoms. The Morgan fingerprint density at radius 1 is 1.11 bits per heavy atom. The van der Waals surface area contributed by atoms with E-state index in [-0.39, 0.29) is 24.0 Å². The van der Waals surface area contributed by atoms with Gasteiger partial charge in [-0.3, -0.25) is 9.59 Å². The van der Waals surface area contributed by atoms with Gasteiger partial charge in [-0.15, -0.1) is 5.10 Å². The van der Waals surface area contributed by atoms with Crippen LogP contribution in [0.2, 0.25) is 5.02 Å². The standard InChI is InChI=1S/C19H19ClN6O2/c1-11-3-8-15(12(2)9-11)23-19(28)17-18(21)26(25-24-17)10-16(27)22-14-6-4-13(20)5-7-14/h3-9H,10,21H2,1-2H3,(H,22,27)(H,23,28). The van der Waals surface area contributed by atoms with Crippen molar-refractivity contribution in [2.24, 2.45) is 0 Å². The number of benzene rings is 2. The smallest absolute Gasteiger partial charge is 0.280 e. The fraction of sp³-hybridized carbons (Fsp3) is 0.158. The molecule has 2 amide bonds. The van der Waals surface area contributed by atoms with E-state index < -0.39 is 5.91 Å². The van der Waals surface area contributed by atoms with Crippen molar-refractivity contribution >= 4 is 40.6 Å². The lowest BCUT2D eigenvalue weighted by molar-refractivity contribution is -0.116. The summed E-state index contributed by atoms with van der Waals surface area (Å²) in [7, 11) is 0. The van der Waals surface area contributed by atoms with Crippen LogP contribution in [0.1, 0.15) is 21.6 Å². The van der Waals surface area contributed by atoms with Gasteiger partial charge in [0.05, 0.1) is 0 Å². The molecule has 1 aromatic heterocycles. The van der Waals surface area contributed by atoms with Crippen LogP contribution in [0.15, 0.2) is 42.5 Å². The van der Waals surface area contributed by atoms with Crippen LogP contribution >= 0.6 is 11.6 Å². The maximum atomic E-state index is 12.5. The number of nitrogens with one attached hydrogen (secondary N) is 2. The minimum atomic E-state index is -0.492. The average molecular weight is 399 g/mol. The first-order chi connectivity index (χ1) is 13.3. The van der Waals surface area contributed by atoms with Crippen LogP contribution in [-0.2, 0) is 11.3 Å². The third-order valence-corrected chi connectivity index (χ3v) is 4.29. The molecule has 2 aromatic carbocycles. The van der Waals surface area contributed by atoms with Gasteiger partial charge < -0.3 is 16.4 Å². The fourth-order valence-electron chi connectivity index (χ4n) is 2.60. The topological polar surface area (TPSA) is 115 Å². The maximum absolute atomic E-state index is 12.5. The van der Waals surface area contributed by atoms with Crippen LogP contribution in [0.25, 0.3) is 0 Å². The van der Waals surface area contributed by atoms with Crippen LogP contribution in [0, 0.1) is 13.8 Å². The van der Waals surface area contributed by atoms with E-state index in [1.54, 1.807) is 24.3 Å². The van der Waals surface area contributed by atoms with Crippen LogP contribution < -0.4 is 16.4 Å². The largest absolute Gasteiger partial charge is 0.382 e. The van der Waals surface area contributed by atoms with Crippen molar-refractivity contribution in [3.05, 3.63) is 64.3 Å². The molecule has 0 saturated carbocycles. The molecule has 0 aliphatic carbocycles. The lowest BCUT2D eigenvalue weighted by atomic mass is 10.1. The number of hydrogen-bond acceptors (Lipinski definition) is 5. The number of nitrogen functional groups attached to an aromatic ring is 1. The Labute approximate surface area is 166 Å². The molecule has 1 heterocycles. The highest BCUT2D eigenvalue weighted by Gasteiger charge is 2.19. The Balaban J connectivity index is 1.68. The van der Waals surface area contributed by atoms with Crippen molar-refractivity contribution in [2.45, 2.75) is 20.4 Å². The number of anilines is 3. The summed E-state index contributed by atoms with van der Waals surface area (Å²) in [5, 5.41) is 13.6. The van der Waals surface area contributed by atoms with Gasteiger partial charge >= 0.3 is 0 Å². The van der Waals surface area contributed by atoms with Crippen molar-refractivity contribution in [2.75, 3.05) is 16.4 Å². The van der Waals surface area contributed by atoms with Crippen LogP contribution in [0.3, 0.4) is 0 Å². The summed E-state index contributed by atoms with van der Waals surface area (Å²) in [5.41, 5.74) is 9.17. The number of nitrogens with two attached hydrogens (primary N) is 1. The minimum Gasteiger partial charge on any atom is -0.382 e. The zero-order valence-corrected chi connectivity index (χ0v) is 16.1. The predicted molar refractivity (Wildman–Crippen MR) is 108 cm³/mol. The molecule has 28 heavy (non-hydrogen) atoms. The number of amides is 2. The SMILES string of the molecule is Cc1ccc(NC(=O)c2nnn(CC(=O)Nc3ccc(Cl)cc3)c2N)c(C)c1. The highest BCUT2D eigenvalue weighted by Crippen LogP contribution is 2.18. The lowest BCUT2D eigenvalue weighted by Gasteiger charge is -2.08. The number of carbonyl (C=O) groups excluding carboxylic acids is 2. The number of rotatable bonds is 5. The Bertz CT molecular complexity index is 1030. The van der Waals surface area contributed by atoms with Gasteiger partial charge in [0, 0.05) is 16.4 Å². The second kappa shape index (κ2) is 8.10. The van der Waals surface area contributed by atoms with E-state index in [2.05, 4.69) is 20.9 Å². The number of hydrogen-bond donors (Lipinski definition) is 3. The van der Waals surface area contributed by atoms with Crippen molar-refractivity contribution < 1.29 is 9.59 Å². The van der Waals surface area contributed by atoms with Gasteiger partial charge in [0.1, 0.15) is 6.54 Å². The Kier molecular flexibility index (Phi) is 5.60. The second-order valence-corrected chi connectivity index (χ2v) is 6.74. The monoisotopic (exact) mass is 398 g/mol. The highest BCUT2D eigenvalue weighted by molar-refractivity contribution is 6.30. The first-order valence-corrected chi connectivity index (χ1v) is 8.84. The van der Waals surface area contributed by atoms with Crippen molar-refractivity contribution in [1.29, 1.82) is 0 Å². The van der Waals surface area contributed by atoms with E-state index >= 15 is 0 Å². The van der Waals surface area contributed by atoms with Crippen molar-refractivity contribution in [1.82, 2.24) is 15.0 Å². The first kappa shape index (κ1) is 19.4. The molecule has 8 nitrogen and oxygen atoms in total. The summed E-state index contributed by atoms with van der Waals surface area (Å²) in [6, 6.07) is 12.3. The molecule has 0 atom stereocenters. The summed E-state index contributed by atoms with van der Waals surface area (Å²) < 4.78 is 1.17. The highest BCUT2D eigenvalue weighted by atomic mass is 35.5. The van der Waals surface area contributed by atoms with E-state index in [1.165, 1.54) is 4.68 Å². The molecule has 0 unspecified atom stereocenters. The van der Waals surface area contributed by atoms with Gasteiger partial charge in [-0.25, -0.2) is 4.68 Å². The normalized spacial score (nSPS) is 10.5. The second-order valence-electron chi connectivity index (χ2n) is 6.31. The third kappa shape index (κ3) is 4.47. The molecule has 0 fully saturated rings. The Morgan fingerprint density at radius 2 is 1.82 bits per heavy atom. The summed E-state index contributed by atoms with van der Waals surface area (Å²) in [5.74, 6) is -0.845. The van der Waals surface area contributed by atoms with Gasteiger partial charge in [0.2, 0.25) is 5.91 Å². The molecule has 0 spiro atoms. The Hall–Kier alpha value is -3.39. The van der Waals surface area contributed by atoms with Gasteiger partial charge in [0.15, 0.2) is 11.5 Å². The number of carbonyl (C=O) groups is 2. The average Bonchev–Trinajstić information content (AvgIpc) is 3.00. The van der Waals surface area contributed by atoms with E-state index in [4.69, 9.17) is 17.3 Å². The van der Waals surface area contributed by atoms with E-state index in [1.807, 2.05) is 32.0 Å². The molecular formula is C19H19ClN6O2. The number of nitrogens with zero attached hydrogens (tertiary/aromatic N) is 3.